The van der Waals surface area contributed by atoms with Gasteiger partial charge in [-0.1, -0.05) is 6.07 Å². The number of hydrogen-bond donors (Lipinski definition) is 1. The molecule has 0 fully saturated rings. The van der Waals surface area contributed by atoms with Crippen LogP contribution >= 0.6 is 0 Å². The van der Waals surface area contributed by atoms with E-state index in [2.05, 4.69) is 5.10 Å². The predicted molar refractivity (Wildman–Crippen MR) is 71.8 cm³/mol. The van der Waals surface area contributed by atoms with Gasteiger partial charge in [-0.3, -0.25) is 4.68 Å². The quantitative estimate of drug-likeness (QED) is 0.842. The van der Waals surface area contributed by atoms with Gasteiger partial charge in [0.25, 0.3) is 0 Å². The summed E-state index contributed by atoms with van der Waals surface area (Å²) in [6.07, 6.45) is 3.98. The summed E-state index contributed by atoms with van der Waals surface area (Å²) in [5, 5.41) is 4.02. The molecule has 1 heterocycles. The Morgan fingerprint density at radius 3 is 2.68 bits per heavy atom. The fourth-order valence-electron chi connectivity index (χ4n) is 1.69. The van der Waals surface area contributed by atoms with Gasteiger partial charge >= 0.3 is 0 Å². The number of nitrogens with zero attached hydrogens (tertiary/aromatic N) is 2. The molecule has 0 atom stereocenters. The maximum Gasteiger partial charge on any atom is 0.178 e. The number of rotatable bonds is 4. The highest BCUT2D eigenvalue weighted by atomic mass is 32.2. The lowest BCUT2D eigenvalue weighted by molar-refractivity contribution is 0.417. The predicted octanol–water partition coefficient (Wildman–Crippen LogP) is 0.926. The second-order valence-electron chi connectivity index (χ2n) is 4.22. The van der Waals surface area contributed by atoms with Gasteiger partial charge in [-0.05, 0) is 17.7 Å². The first kappa shape index (κ1) is 13.4. The lowest BCUT2D eigenvalue weighted by Gasteiger charge is -2.07. The van der Waals surface area contributed by atoms with Crippen LogP contribution in [0.25, 0.3) is 0 Å². The highest BCUT2D eigenvalue weighted by Crippen LogP contribution is 2.22. The molecule has 1 aromatic heterocycles. The molecule has 0 unspecified atom stereocenters. The number of anilines is 1. The molecule has 0 aliphatic rings. The van der Waals surface area contributed by atoms with Crippen molar-refractivity contribution in [3.63, 3.8) is 0 Å². The van der Waals surface area contributed by atoms with Gasteiger partial charge in [-0.2, -0.15) is 5.10 Å². The number of methoxy groups -OCH3 is 1. The SMILES string of the molecule is COc1ccc(Cn2cc(S(C)(=O)=O)cn2)cc1N. The minimum atomic E-state index is -3.22. The van der Waals surface area contributed by atoms with E-state index in [4.69, 9.17) is 10.5 Å². The molecule has 6 nitrogen and oxygen atoms in total. The largest absolute Gasteiger partial charge is 0.495 e. The van der Waals surface area contributed by atoms with Gasteiger partial charge in [0, 0.05) is 12.5 Å². The van der Waals surface area contributed by atoms with Crippen molar-refractivity contribution >= 4 is 15.5 Å². The van der Waals surface area contributed by atoms with Crippen molar-refractivity contribution in [1.29, 1.82) is 0 Å². The van der Waals surface area contributed by atoms with E-state index in [1.165, 1.54) is 12.4 Å². The van der Waals surface area contributed by atoms with E-state index >= 15 is 0 Å². The maximum atomic E-state index is 11.3. The van der Waals surface area contributed by atoms with Gasteiger partial charge in [0.1, 0.15) is 10.6 Å². The molecule has 2 aromatic rings. The van der Waals surface area contributed by atoms with Crippen molar-refractivity contribution in [2.75, 3.05) is 19.1 Å². The topological polar surface area (TPSA) is 87.2 Å². The summed E-state index contributed by atoms with van der Waals surface area (Å²) in [7, 11) is -1.67. The molecular weight excluding hydrogens is 266 g/mol. The van der Waals surface area contributed by atoms with E-state index in [1.54, 1.807) is 23.9 Å². The van der Waals surface area contributed by atoms with Crippen LogP contribution in [-0.4, -0.2) is 31.6 Å². The van der Waals surface area contributed by atoms with E-state index in [9.17, 15) is 8.42 Å². The van der Waals surface area contributed by atoms with Crippen molar-refractivity contribution in [1.82, 2.24) is 9.78 Å². The Morgan fingerprint density at radius 1 is 1.42 bits per heavy atom. The number of sulfone groups is 1. The van der Waals surface area contributed by atoms with Gasteiger partial charge in [0.2, 0.25) is 0 Å². The van der Waals surface area contributed by atoms with Crippen LogP contribution in [0.1, 0.15) is 5.56 Å². The molecule has 0 aliphatic heterocycles. The molecule has 102 valence electrons. The van der Waals surface area contributed by atoms with E-state index in [-0.39, 0.29) is 4.90 Å². The normalized spacial score (nSPS) is 11.5. The van der Waals surface area contributed by atoms with Crippen LogP contribution in [0.15, 0.2) is 35.5 Å². The Labute approximate surface area is 111 Å². The summed E-state index contributed by atoms with van der Waals surface area (Å²) >= 11 is 0. The summed E-state index contributed by atoms with van der Waals surface area (Å²) in [6, 6.07) is 5.41. The molecule has 0 amide bonds. The van der Waals surface area contributed by atoms with Crippen LogP contribution in [0.2, 0.25) is 0 Å². The Hall–Kier alpha value is -2.02. The van der Waals surface area contributed by atoms with Gasteiger partial charge in [-0.25, -0.2) is 8.42 Å². The van der Waals surface area contributed by atoms with Gasteiger partial charge in [0.15, 0.2) is 9.84 Å². The number of aromatic nitrogens is 2. The molecule has 0 saturated carbocycles. The van der Waals surface area contributed by atoms with Gasteiger partial charge in [0.05, 0.1) is 25.5 Å². The third-order valence-corrected chi connectivity index (χ3v) is 3.74. The van der Waals surface area contributed by atoms with E-state index in [0.29, 0.717) is 18.0 Å². The standard InChI is InChI=1S/C12H15N3O3S/c1-18-12-4-3-9(5-11(12)13)7-15-8-10(6-14-15)19(2,16)17/h3-6,8H,7,13H2,1-2H3. The smallest absolute Gasteiger partial charge is 0.178 e. The first-order valence-electron chi connectivity index (χ1n) is 5.55. The zero-order valence-electron chi connectivity index (χ0n) is 10.7. The van der Waals surface area contributed by atoms with E-state index < -0.39 is 9.84 Å². The molecule has 2 rings (SSSR count). The molecule has 0 spiro atoms. The maximum absolute atomic E-state index is 11.3. The monoisotopic (exact) mass is 281 g/mol. The lowest BCUT2D eigenvalue weighted by atomic mass is 10.2. The third-order valence-electron chi connectivity index (χ3n) is 2.68. The number of benzene rings is 1. The molecule has 0 aliphatic carbocycles. The second-order valence-corrected chi connectivity index (χ2v) is 6.24. The average Bonchev–Trinajstić information content (AvgIpc) is 2.77. The van der Waals surface area contributed by atoms with Gasteiger partial charge < -0.3 is 10.5 Å². The highest BCUT2D eigenvalue weighted by Gasteiger charge is 2.10. The zero-order valence-corrected chi connectivity index (χ0v) is 11.5. The Bertz CT molecular complexity index is 692. The Kier molecular flexibility index (Phi) is 3.48. The number of nitrogens with two attached hydrogens (primary N) is 1. The minimum Gasteiger partial charge on any atom is -0.495 e. The summed E-state index contributed by atoms with van der Waals surface area (Å²) in [4.78, 5) is 0.203. The van der Waals surface area contributed by atoms with Crippen molar-refractivity contribution in [3.8, 4) is 5.75 Å². The fraction of sp³-hybridized carbons (Fsp3) is 0.250. The van der Waals surface area contributed by atoms with Crippen molar-refractivity contribution in [2.24, 2.45) is 0 Å². The minimum absolute atomic E-state index is 0.203. The van der Waals surface area contributed by atoms with Crippen LogP contribution in [0.3, 0.4) is 0 Å². The van der Waals surface area contributed by atoms with E-state index in [0.717, 1.165) is 11.8 Å². The molecule has 0 saturated heterocycles. The Morgan fingerprint density at radius 2 is 2.16 bits per heavy atom. The Balaban J connectivity index is 2.22. The second kappa shape index (κ2) is 4.93. The number of hydrogen-bond acceptors (Lipinski definition) is 5. The first-order chi connectivity index (χ1) is 8.90. The van der Waals surface area contributed by atoms with Crippen molar-refractivity contribution in [2.45, 2.75) is 11.4 Å². The average molecular weight is 281 g/mol. The van der Waals surface area contributed by atoms with Crippen LogP contribution in [0, 0.1) is 0 Å². The van der Waals surface area contributed by atoms with Gasteiger partial charge in [-0.15, -0.1) is 0 Å². The zero-order chi connectivity index (χ0) is 14.0. The molecular formula is C12H15N3O3S. The van der Waals surface area contributed by atoms with Crippen LogP contribution in [0.5, 0.6) is 5.75 Å². The molecule has 2 N–H and O–H groups in total. The first-order valence-corrected chi connectivity index (χ1v) is 7.44. The van der Waals surface area contributed by atoms with Crippen LogP contribution < -0.4 is 10.5 Å². The van der Waals surface area contributed by atoms with Crippen LogP contribution in [0.4, 0.5) is 5.69 Å². The molecule has 0 bridgehead atoms. The summed E-state index contributed by atoms with van der Waals surface area (Å²) < 4.78 is 29.3. The van der Waals surface area contributed by atoms with Crippen LogP contribution in [-0.2, 0) is 16.4 Å². The third kappa shape index (κ3) is 3.05. The molecule has 1 aromatic carbocycles. The van der Waals surface area contributed by atoms with Crippen molar-refractivity contribution in [3.05, 3.63) is 36.2 Å². The summed E-state index contributed by atoms with van der Waals surface area (Å²) in [5.41, 5.74) is 7.26. The molecule has 19 heavy (non-hydrogen) atoms. The summed E-state index contributed by atoms with van der Waals surface area (Å²) in [5.74, 6) is 0.612. The lowest BCUT2D eigenvalue weighted by Crippen LogP contribution is -2.02. The van der Waals surface area contributed by atoms with Crippen molar-refractivity contribution < 1.29 is 13.2 Å². The highest BCUT2D eigenvalue weighted by molar-refractivity contribution is 7.90. The summed E-state index contributed by atoms with van der Waals surface area (Å²) in [6.45, 7) is 0.448. The molecule has 7 heteroatoms. The van der Waals surface area contributed by atoms with E-state index in [1.807, 2.05) is 6.07 Å². The number of ether oxygens (including phenoxy) is 1. The molecule has 0 radical (unpaired) electrons. The number of nitrogen functional groups attached to an aromatic ring is 1. The fourth-order valence-corrected chi connectivity index (χ4v) is 2.24.